The average Bonchev–Trinajstić information content (AvgIpc) is 2.23. The van der Waals surface area contributed by atoms with Crippen LogP contribution in [0, 0.1) is 0 Å². The molecule has 0 rings (SSSR count). The second-order valence-corrected chi connectivity index (χ2v) is 8.18. The zero-order valence-electron chi connectivity index (χ0n) is 12.2. The maximum atomic E-state index is 11.9. The van der Waals surface area contributed by atoms with Gasteiger partial charge in [0, 0.05) is 0 Å². The first-order chi connectivity index (χ1) is 7.64. The van der Waals surface area contributed by atoms with Crippen LogP contribution in [-0.4, -0.2) is 47.3 Å². The van der Waals surface area contributed by atoms with E-state index in [1.54, 1.807) is 20.8 Å². The van der Waals surface area contributed by atoms with Gasteiger partial charge < -0.3 is 13.9 Å². The second-order valence-electron chi connectivity index (χ2n) is 5.54. The zero-order valence-corrected chi connectivity index (χ0v) is 13.1. The Kier molecular flexibility index (Phi) is 6.37. The van der Waals surface area contributed by atoms with Gasteiger partial charge in [0.15, 0.2) is 0 Å². The Hall–Kier alpha value is 0.110. The third-order valence-electron chi connectivity index (χ3n) is 3.69. The monoisotopic (exact) mass is 266 g/mol. The Morgan fingerprint density at radius 3 is 1.82 bits per heavy atom. The van der Waals surface area contributed by atoms with Crippen molar-refractivity contribution in [3.63, 3.8) is 0 Å². The predicted molar refractivity (Wildman–Crippen MR) is 72.3 cm³/mol. The van der Waals surface area contributed by atoms with E-state index in [1.807, 2.05) is 0 Å². The van der Waals surface area contributed by atoms with E-state index in [0.717, 1.165) is 30.7 Å². The molecule has 0 fully saturated rings. The molecule has 1 N–H and O–H groups in total. The summed E-state index contributed by atoms with van der Waals surface area (Å²) in [6.07, 6.45) is 0. The van der Waals surface area contributed by atoms with E-state index in [4.69, 9.17) is 4.52 Å². The summed E-state index contributed by atoms with van der Waals surface area (Å²) in [7, 11) is -3.50. The summed E-state index contributed by atoms with van der Waals surface area (Å²) in [5.41, 5.74) is 0. The van der Waals surface area contributed by atoms with Crippen LogP contribution in [0.3, 0.4) is 0 Å². The lowest BCUT2D eigenvalue weighted by atomic mass is 10.3. The molecule has 0 bridgehead atoms. The highest BCUT2D eigenvalue weighted by atomic mass is 31.2. The molecule has 0 saturated heterocycles. The number of rotatable bonds is 7. The van der Waals surface area contributed by atoms with Gasteiger partial charge in [-0.3, -0.25) is 4.57 Å². The third kappa shape index (κ3) is 4.70. The van der Waals surface area contributed by atoms with E-state index in [2.05, 4.69) is 20.8 Å². The molecule has 0 aliphatic carbocycles. The van der Waals surface area contributed by atoms with Crippen molar-refractivity contribution in [3.8, 4) is 0 Å². The van der Waals surface area contributed by atoms with E-state index < -0.39 is 12.8 Å². The summed E-state index contributed by atoms with van der Waals surface area (Å²) in [6, 6.07) is 0. The Bertz CT molecular complexity index is 261. The van der Waals surface area contributed by atoms with Crippen molar-refractivity contribution in [2.45, 2.75) is 46.7 Å². The van der Waals surface area contributed by atoms with Crippen LogP contribution in [-0.2, 0) is 9.09 Å². The molecule has 0 aliphatic rings. The fraction of sp³-hybridized carbons (Fsp3) is 1.00. The van der Waals surface area contributed by atoms with Gasteiger partial charge in [-0.05, 0) is 41.5 Å². The van der Waals surface area contributed by atoms with Crippen LogP contribution in [0.5, 0.6) is 0 Å². The van der Waals surface area contributed by atoms with Gasteiger partial charge in [0.1, 0.15) is 13.2 Å². The van der Waals surface area contributed by atoms with Gasteiger partial charge in [0.25, 0.3) is 0 Å². The minimum Gasteiger partial charge on any atom is -0.324 e. The molecule has 0 spiro atoms. The summed E-state index contributed by atoms with van der Waals surface area (Å²) < 4.78 is 18.1. The number of hydrogen-bond acceptors (Lipinski definition) is 2. The molecule has 0 aromatic heterocycles. The Labute approximate surface area is 106 Å². The number of quaternary nitrogens is 1. The number of likely N-dealkylation sites (N-methyl/N-ethyl adjacent to an activating group) is 1. The molecule has 5 heteroatoms. The normalized spacial score (nSPS) is 16.9. The number of nitrogens with zero attached hydrogens (tertiary/aromatic N) is 1. The van der Waals surface area contributed by atoms with Crippen molar-refractivity contribution in [2.24, 2.45) is 0 Å². The van der Waals surface area contributed by atoms with E-state index >= 15 is 0 Å². The van der Waals surface area contributed by atoms with Crippen LogP contribution in [0.1, 0.15) is 41.5 Å². The molecular weight excluding hydrogens is 237 g/mol. The quantitative estimate of drug-likeness (QED) is 0.569. The van der Waals surface area contributed by atoms with Crippen molar-refractivity contribution in [3.05, 3.63) is 0 Å². The van der Waals surface area contributed by atoms with Crippen molar-refractivity contribution >= 4 is 7.60 Å². The van der Waals surface area contributed by atoms with Gasteiger partial charge in [-0.15, -0.1) is 0 Å². The molecule has 0 radical (unpaired) electrons. The van der Waals surface area contributed by atoms with Gasteiger partial charge in [-0.1, -0.05) is 0 Å². The molecule has 0 aliphatic heterocycles. The van der Waals surface area contributed by atoms with Gasteiger partial charge in [0.05, 0.1) is 24.8 Å². The largest absolute Gasteiger partial charge is 0.333 e. The summed E-state index contributed by atoms with van der Waals surface area (Å²) in [6.45, 7) is 15.9. The molecular formula is C12H29NO3P+. The van der Waals surface area contributed by atoms with Crippen LogP contribution < -0.4 is 0 Å². The lowest BCUT2D eigenvalue weighted by molar-refractivity contribution is -0.923. The highest BCUT2D eigenvalue weighted by molar-refractivity contribution is 7.54. The molecule has 0 saturated carbocycles. The first kappa shape index (κ1) is 17.1. The summed E-state index contributed by atoms with van der Waals surface area (Å²) in [5, 5.41) is -0.701. The Balaban J connectivity index is 4.37. The van der Waals surface area contributed by atoms with Crippen LogP contribution >= 0.6 is 7.60 Å². The lowest BCUT2D eigenvalue weighted by Crippen LogP contribution is -2.49. The third-order valence-corrected chi connectivity index (χ3v) is 5.92. The highest BCUT2D eigenvalue weighted by Crippen LogP contribution is 2.54. The smallest absolute Gasteiger partial charge is 0.324 e. The molecule has 17 heavy (non-hydrogen) atoms. The van der Waals surface area contributed by atoms with Crippen molar-refractivity contribution < 1.29 is 18.5 Å². The molecule has 0 aromatic rings. The molecule has 0 amide bonds. The fourth-order valence-electron chi connectivity index (χ4n) is 1.70. The van der Waals surface area contributed by atoms with Gasteiger partial charge in [0.2, 0.25) is 0 Å². The predicted octanol–water partition coefficient (Wildman–Crippen LogP) is 2.86. The topological polar surface area (TPSA) is 46.5 Å². The lowest BCUT2D eigenvalue weighted by Gasteiger charge is -2.36. The zero-order chi connectivity index (χ0) is 13.7. The summed E-state index contributed by atoms with van der Waals surface area (Å²) >= 11 is 0. The minimum atomic E-state index is -3.50. The standard InChI is InChI=1S/C12H28NO3P/c1-7-13(8-2,9-3)10-11-16-17(14,15)12(4,5)6/h7-11H2,1-6H3/p+1. The van der Waals surface area contributed by atoms with E-state index in [-0.39, 0.29) is 0 Å². The van der Waals surface area contributed by atoms with Crippen LogP contribution in [0.2, 0.25) is 0 Å². The molecule has 0 heterocycles. The fourth-order valence-corrected chi connectivity index (χ4v) is 2.41. The SMILES string of the molecule is CC[N+](CC)(CC)CCOP(=O)(O)C(C)(C)C. The first-order valence-electron chi connectivity index (χ1n) is 6.46. The maximum absolute atomic E-state index is 11.9. The average molecular weight is 266 g/mol. The Morgan fingerprint density at radius 1 is 1.12 bits per heavy atom. The van der Waals surface area contributed by atoms with E-state index in [0.29, 0.717) is 6.61 Å². The van der Waals surface area contributed by atoms with Crippen LogP contribution in [0.25, 0.3) is 0 Å². The molecule has 1 atom stereocenters. The van der Waals surface area contributed by atoms with Crippen molar-refractivity contribution in [1.82, 2.24) is 0 Å². The van der Waals surface area contributed by atoms with Crippen LogP contribution in [0.15, 0.2) is 0 Å². The Morgan fingerprint density at radius 2 is 1.53 bits per heavy atom. The summed E-state index contributed by atoms with van der Waals surface area (Å²) in [5.74, 6) is 0. The van der Waals surface area contributed by atoms with Gasteiger partial charge in [-0.25, -0.2) is 0 Å². The molecule has 0 aromatic carbocycles. The maximum Gasteiger partial charge on any atom is 0.333 e. The van der Waals surface area contributed by atoms with Gasteiger partial charge in [-0.2, -0.15) is 0 Å². The van der Waals surface area contributed by atoms with E-state index in [9.17, 15) is 9.46 Å². The van der Waals surface area contributed by atoms with Crippen molar-refractivity contribution in [2.75, 3.05) is 32.8 Å². The molecule has 104 valence electrons. The molecule has 1 unspecified atom stereocenters. The van der Waals surface area contributed by atoms with Gasteiger partial charge >= 0.3 is 7.60 Å². The van der Waals surface area contributed by atoms with Crippen molar-refractivity contribution in [1.29, 1.82) is 0 Å². The van der Waals surface area contributed by atoms with Crippen LogP contribution in [0.4, 0.5) is 0 Å². The minimum absolute atomic E-state index is 0.348. The number of hydrogen-bond donors (Lipinski definition) is 1. The molecule has 4 nitrogen and oxygen atoms in total. The second kappa shape index (κ2) is 6.33. The first-order valence-corrected chi connectivity index (χ1v) is 8.04. The highest BCUT2D eigenvalue weighted by Gasteiger charge is 2.36. The van der Waals surface area contributed by atoms with E-state index in [1.165, 1.54) is 0 Å². The summed E-state index contributed by atoms with van der Waals surface area (Å²) in [4.78, 5) is 9.79.